The van der Waals surface area contributed by atoms with Crippen molar-refractivity contribution in [1.29, 1.82) is 0 Å². The van der Waals surface area contributed by atoms with E-state index in [-0.39, 0.29) is 0 Å². The molecule has 82 valence electrons. The van der Waals surface area contributed by atoms with Crippen molar-refractivity contribution in [3.05, 3.63) is 34.8 Å². The van der Waals surface area contributed by atoms with Gasteiger partial charge in [0.2, 0.25) is 0 Å². The second kappa shape index (κ2) is 5.24. The SMILES string of the molecule is COc1ccc(/C=C/[Se]C(F)(F)F)cc1. The monoisotopic (exact) mass is 282 g/mol. The number of hydrogen-bond acceptors (Lipinski definition) is 1. The van der Waals surface area contributed by atoms with Gasteiger partial charge in [0.25, 0.3) is 0 Å². The first-order chi connectivity index (χ1) is 7.01. The summed E-state index contributed by atoms with van der Waals surface area (Å²) in [6, 6.07) is 6.84. The molecule has 0 aliphatic rings. The normalized spacial score (nSPS) is 12.0. The van der Waals surface area contributed by atoms with Gasteiger partial charge in [-0.05, 0) is 0 Å². The van der Waals surface area contributed by atoms with Gasteiger partial charge in [0, 0.05) is 0 Å². The van der Waals surface area contributed by atoms with Gasteiger partial charge >= 0.3 is 91.7 Å². The molecule has 0 bridgehead atoms. The summed E-state index contributed by atoms with van der Waals surface area (Å²) in [4.78, 5) is 1.16. The number of alkyl halides is 3. The Balaban J connectivity index is 2.57. The van der Waals surface area contributed by atoms with Crippen molar-refractivity contribution in [2.75, 3.05) is 7.11 Å². The molecule has 0 spiro atoms. The molecule has 0 heterocycles. The molecule has 0 aliphatic heterocycles. The van der Waals surface area contributed by atoms with Crippen LogP contribution >= 0.6 is 0 Å². The zero-order chi connectivity index (χ0) is 11.3. The predicted octanol–water partition coefficient (Wildman–Crippen LogP) is 2.89. The Labute approximate surface area is 92.1 Å². The average molecular weight is 281 g/mol. The van der Waals surface area contributed by atoms with Crippen LogP contribution in [0, 0.1) is 0 Å². The molecule has 5 heteroatoms. The zero-order valence-corrected chi connectivity index (χ0v) is 9.63. The van der Waals surface area contributed by atoms with E-state index in [4.69, 9.17) is 4.74 Å². The summed E-state index contributed by atoms with van der Waals surface area (Å²) in [7, 11) is 1.54. The molecular formula is C10H9F3OSe. The second-order valence-electron chi connectivity index (χ2n) is 2.64. The Morgan fingerprint density at radius 1 is 1.20 bits per heavy atom. The van der Waals surface area contributed by atoms with E-state index >= 15 is 0 Å². The van der Waals surface area contributed by atoms with Crippen molar-refractivity contribution >= 4 is 21.0 Å². The molecule has 0 radical (unpaired) electrons. The molecule has 1 nitrogen and oxygen atoms in total. The van der Waals surface area contributed by atoms with Gasteiger partial charge in [-0.1, -0.05) is 0 Å². The maximum absolute atomic E-state index is 11.8. The molecule has 15 heavy (non-hydrogen) atoms. The minimum atomic E-state index is -4.07. The van der Waals surface area contributed by atoms with Crippen molar-refractivity contribution in [2.24, 2.45) is 0 Å². The molecule has 0 atom stereocenters. The van der Waals surface area contributed by atoms with Crippen LogP contribution in [0.25, 0.3) is 6.08 Å². The number of benzene rings is 1. The third kappa shape index (κ3) is 4.90. The number of hydrogen-bond donors (Lipinski definition) is 0. The van der Waals surface area contributed by atoms with Crippen LogP contribution in [0.4, 0.5) is 13.2 Å². The van der Waals surface area contributed by atoms with Gasteiger partial charge in [-0.2, -0.15) is 0 Å². The fraction of sp³-hybridized carbons (Fsp3) is 0.200. The summed E-state index contributed by atoms with van der Waals surface area (Å²) in [5.41, 5.74) is 0.738. The third-order valence-electron chi connectivity index (χ3n) is 1.58. The van der Waals surface area contributed by atoms with Crippen LogP contribution in [0.5, 0.6) is 5.75 Å². The van der Waals surface area contributed by atoms with Gasteiger partial charge in [-0.15, -0.1) is 0 Å². The molecule has 0 amide bonds. The topological polar surface area (TPSA) is 9.23 Å². The fourth-order valence-electron chi connectivity index (χ4n) is 0.905. The average Bonchev–Trinajstić information content (AvgIpc) is 2.17. The molecule has 0 unspecified atom stereocenters. The van der Waals surface area contributed by atoms with E-state index in [0.29, 0.717) is 5.75 Å². The number of methoxy groups -OCH3 is 1. The van der Waals surface area contributed by atoms with Crippen LogP contribution in [-0.4, -0.2) is 27.1 Å². The van der Waals surface area contributed by atoms with E-state index in [1.165, 1.54) is 13.2 Å². The zero-order valence-electron chi connectivity index (χ0n) is 7.91. The predicted molar refractivity (Wildman–Crippen MR) is 53.8 cm³/mol. The van der Waals surface area contributed by atoms with E-state index in [1.54, 1.807) is 24.3 Å². The van der Waals surface area contributed by atoms with E-state index in [1.807, 2.05) is 0 Å². The summed E-state index contributed by atoms with van der Waals surface area (Å²) in [6.45, 7) is 0. The Hall–Kier alpha value is -0.931. The van der Waals surface area contributed by atoms with Gasteiger partial charge in [-0.3, -0.25) is 0 Å². The Bertz CT molecular complexity index is 330. The summed E-state index contributed by atoms with van der Waals surface area (Å²) in [5, 5.41) is -4.07. The van der Waals surface area contributed by atoms with Gasteiger partial charge in [0.15, 0.2) is 0 Å². The first-order valence-corrected chi connectivity index (χ1v) is 5.91. The second-order valence-corrected chi connectivity index (χ2v) is 4.68. The van der Waals surface area contributed by atoms with Gasteiger partial charge < -0.3 is 0 Å². The summed E-state index contributed by atoms with van der Waals surface area (Å²) >= 11 is -1.45. The molecule has 1 aromatic carbocycles. The van der Waals surface area contributed by atoms with Crippen LogP contribution in [0.2, 0.25) is 0 Å². The van der Waals surface area contributed by atoms with E-state index in [2.05, 4.69) is 0 Å². The fourth-order valence-corrected chi connectivity index (χ4v) is 1.70. The van der Waals surface area contributed by atoms with Gasteiger partial charge in [-0.25, -0.2) is 0 Å². The molecule has 0 saturated heterocycles. The molecule has 0 aliphatic carbocycles. The molecular weight excluding hydrogens is 272 g/mol. The van der Waals surface area contributed by atoms with E-state index < -0.39 is 20.0 Å². The number of halogens is 3. The van der Waals surface area contributed by atoms with Crippen LogP contribution in [0.3, 0.4) is 0 Å². The van der Waals surface area contributed by atoms with Crippen molar-refractivity contribution < 1.29 is 17.9 Å². The maximum atomic E-state index is 11.8. The first-order valence-electron chi connectivity index (χ1n) is 4.06. The van der Waals surface area contributed by atoms with Gasteiger partial charge in [0.1, 0.15) is 0 Å². The van der Waals surface area contributed by atoms with Crippen LogP contribution in [0.1, 0.15) is 5.56 Å². The van der Waals surface area contributed by atoms with Crippen molar-refractivity contribution in [1.82, 2.24) is 0 Å². The summed E-state index contributed by atoms with van der Waals surface area (Å²) < 4.78 is 40.4. The summed E-state index contributed by atoms with van der Waals surface area (Å²) in [6.07, 6.45) is 1.47. The van der Waals surface area contributed by atoms with Crippen LogP contribution in [-0.2, 0) is 0 Å². The number of ether oxygens (including phenoxy) is 1. The number of rotatable bonds is 3. The Kier molecular flexibility index (Phi) is 4.24. The van der Waals surface area contributed by atoms with Crippen molar-refractivity contribution in [2.45, 2.75) is 5.07 Å². The molecule has 0 fully saturated rings. The quantitative estimate of drug-likeness (QED) is 0.774. The molecule has 0 saturated carbocycles. The summed E-state index contributed by atoms with van der Waals surface area (Å²) in [5.74, 6) is 0.688. The van der Waals surface area contributed by atoms with Crippen molar-refractivity contribution in [3.8, 4) is 5.75 Å². The molecule has 0 aromatic heterocycles. The minimum absolute atomic E-state index is 0.688. The molecule has 0 N–H and O–H groups in total. The third-order valence-corrected chi connectivity index (χ3v) is 2.71. The Morgan fingerprint density at radius 2 is 1.80 bits per heavy atom. The van der Waals surface area contributed by atoms with Crippen LogP contribution in [0.15, 0.2) is 29.2 Å². The standard InChI is InChI=1S/C10H9F3OSe/c1-14-9-4-2-8(3-5-9)6-7-15-10(11,12)13/h2-7H,1H3/b7-6+. The first kappa shape index (κ1) is 12.1. The van der Waals surface area contributed by atoms with E-state index in [9.17, 15) is 13.2 Å². The molecule has 1 rings (SSSR count). The van der Waals surface area contributed by atoms with Crippen molar-refractivity contribution in [3.63, 3.8) is 0 Å². The van der Waals surface area contributed by atoms with E-state index in [0.717, 1.165) is 10.5 Å². The van der Waals surface area contributed by atoms with Crippen LogP contribution < -0.4 is 4.74 Å². The molecule has 1 aromatic rings. The Morgan fingerprint density at radius 3 is 2.27 bits per heavy atom. The van der Waals surface area contributed by atoms with Gasteiger partial charge in [0.05, 0.1) is 0 Å².